The second-order valence-corrected chi connectivity index (χ2v) is 18.7. The molecule has 0 unspecified atom stereocenters. The second kappa shape index (κ2) is 19.7. The van der Waals surface area contributed by atoms with Gasteiger partial charge >= 0.3 is 0 Å². The van der Waals surface area contributed by atoms with Gasteiger partial charge in [0.2, 0.25) is 0 Å². The summed E-state index contributed by atoms with van der Waals surface area (Å²) in [4.78, 5) is 26.9. The predicted molar refractivity (Wildman–Crippen MR) is 208 cm³/mol. The SMILES string of the molecule is CCCCCCCCCCCCS(=O)(=O)c1cc2c(cc1S(=O)(=O)CCCCCCCCCCCC)C(=O)c1c(c(O)c3ccccc3c1O)C2=O. The highest BCUT2D eigenvalue weighted by molar-refractivity contribution is 7.94. The number of carbonyl (C=O) groups is 2. The third-order valence-electron chi connectivity index (χ3n) is 10.4. The Morgan fingerprint density at radius 2 is 0.750 bits per heavy atom. The lowest BCUT2D eigenvalue weighted by Gasteiger charge is -2.23. The first-order valence-electron chi connectivity index (χ1n) is 19.7. The number of hydrogen-bond donors (Lipinski definition) is 2. The summed E-state index contributed by atoms with van der Waals surface area (Å²) >= 11 is 0. The minimum Gasteiger partial charge on any atom is -0.506 e. The Morgan fingerprint density at radius 1 is 0.462 bits per heavy atom. The number of sulfone groups is 2. The average Bonchev–Trinajstić information content (AvgIpc) is 3.13. The molecular weight excluding hydrogens is 697 g/mol. The number of hydrogen-bond acceptors (Lipinski definition) is 8. The molecule has 10 heteroatoms. The Morgan fingerprint density at radius 3 is 1.06 bits per heavy atom. The van der Waals surface area contributed by atoms with Crippen molar-refractivity contribution in [2.75, 3.05) is 11.5 Å². The lowest BCUT2D eigenvalue weighted by atomic mass is 9.81. The van der Waals surface area contributed by atoms with Gasteiger partial charge in [-0.3, -0.25) is 9.59 Å². The first-order chi connectivity index (χ1) is 25.0. The summed E-state index contributed by atoms with van der Waals surface area (Å²) in [5.41, 5.74) is -1.45. The summed E-state index contributed by atoms with van der Waals surface area (Å²) in [7, 11) is -8.39. The lowest BCUT2D eigenvalue weighted by Crippen LogP contribution is -2.24. The third kappa shape index (κ3) is 10.2. The quantitative estimate of drug-likeness (QED) is 0.0531. The van der Waals surface area contributed by atoms with Crippen LogP contribution in [-0.4, -0.2) is 50.1 Å². The molecule has 286 valence electrons. The molecule has 0 saturated carbocycles. The molecule has 1 aliphatic rings. The smallest absolute Gasteiger partial charge is 0.198 e. The minimum absolute atomic E-state index is 0.160. The Kier molecular flexibility index (Phi) is 15.7. The summed E-state index contributed by atoms with van der Waals surface area (Å²) < 4.78 is 55.8. The van der Waals surface area contributed by atoms with Crippen LogP contribution < -0.4 is 0 Å². The van der Waals surface area contributed by atoms with Gasteiger partial charge in [-0.15, -0.1) is 0 Å². The lowest BCUT2D eigenvalue weighted by molar-refractivity contribution is 0.0974. The zero-order valence-electron chi connectivity index (χ0n) is 31.2. The molecule has 1 aliphatic carbocycles. The maximum atomic E-state index is 14.0. The van der Waals surface area contributed by atoms with E-state index in [-0.39, 0.29) is 33.4 Å². The number of phenolic OH excluding ortho intramolecular Hbond substituents is 2. The molecule has 0 spiro atoms. The number of benzene rings is 3. The van der Waals surface area contributed by atoms with Crippen molar-refractivity contribution in [1.29, 1.82) is 0 Å². The summed E-state index contributed by atoms with van der Waals surface area (Å²) in [5, 5.41) is 22.6. The Hall–Kier alpha value is -3.24. The Bertz CT molecular complexity index is 1770. The molecule has 2 N–H and O–H groups in total. The van der Waals surface area contributed by atoms with Crippen LogP contribution in [0.2, 0.25) is 0 Å². The minimum atomic E-state index is -4.19. The van der Waals surface area contributed by atoms with Gasteiger partial charge in [0.1, 0.15) is 11.5 Å². The van der Waals surface area contributed by atoms with Gasteiger partial charge in [-0.05, 0) is 25.0 Å². The molecule has 0 aromatic heterocycles. The van der Waals surface area contributed by atoms with Crippen LogP contribution in [0.25, 0.3) is 10.8 Å². The maximum absolute atomic E-state index is 14.0. The van der Waals surface area contributed by atoms with Crippen LogP contribution >= 0.6 is 0 Å². The van der Waals surface area contributed by atoms with Gasteiger partial charge in [-0.25, -0.2) is 16.8 Å². The molecule has 0 heterocycles. The van der Waals surface area contributed by atoms with Crippen LogP contribution in [0, 0.1) is 0 Å². The largest absolute Gasteiger partial charge is 0.506 e. The van der Waals surface area contributed by atoms with Crippen molar-refractivity contribution in [2.24, 2.45) is 0 Å². The number of phenols is 2. The fourth-order valence-corrected chi connectivity index (χ4v) is 11.0. The van der Waals surface area contributed by atoms with Crippen molar-refractivity contribution in [2.45, 2.75) is 152 Å². The monoisotopic (exact) mass is 754 g/mol. The molecule has 0 radical (unpaired) electrons. The molecule has 8 nitrogen and oxygen atoms in total. The molecule has 3 aromatic carbocycles. The van der Waals surface area contributed by atoms with E-state index in [2.05, 4.69) is 13.8 Å². The van der Waals surface area contributed by atoms with Gasteiger partial charge < -0.3 is 10.2 Å². The van der Waals surface area contributed by atoms with Crippen LogP contribution in [0.5, 0.6) is 11.5 Å². The number of unbranched alkanes of at least 4 members (excludes halogenated alkanes) is 18. The molecule has 52 heavy (non-hydrogen) atoms. The fraction of sp³-hybridized carbons (Fsp3) is 0.571. The van der Waals surface area contributed by atoms with E-state index in [0.29, 0.717) is 25.7 Å². The third-order valence-corrected chi connectivity index (χ3v) is 14.2. The summed E-state index contributed by atoms with van der Waals surface area (Å²) in [5.74, 6) is -3.29. The van der Waals surface area contributed by atoms with E-state index in [1.54, 1.807) is 12.1 Å². The fourth-order valence-electron chi connectivity index (χ4n) is 7.31. The van der Waals surface area contributed by atoms with E-state index < -0.39 is 63.7 Å². The van der Waals surface area contributed by atoms with Crippen molar-refractivity contribution in [1.82, 2.24) is 0 Å². The van der Waals surface area contributed by atoms with Gasteiger partial charge in [0.15, 0.2) is 31.2 Å². The molecule has 3 aromatic rings. The average molecular weight is 755 g/mol. The highest BCUT2D eigenvalue weighted by Crippen LogP contribution is 2.45. The van der Waals surface area contributed by atoms with Crippen molar-refractivity contribution >= 4 is 42.0 Å². The predicted octanol–water partition coefficient (Wildman–Crippen LogP) is 10.4. The first kappa shape index (κ1) is 41.5. The normalized spacial score (nSPS) is 13.1. The summed E-state index contributed by atoms with van der Waals surface area (Å²) in [6.07, 6.45) is 20.0. The van der Waals surface area contributed by atoms with Crippen molar-refractivity contribution in [3.8, 4) is 11.5 Å². The Labute approximate surface area is 311 Å². The van der Waals surface area contributed by atoms with E-state index in [9.17, 15) is 36.6 Å². The molecule has 0 saturated heterocycles. The topological polar surface area (TPSA) is 143 Å². The zero-order valence-corrected chi connectivity index (χ0v) is 32.8. The number of carbonyl (C=O) groups excluding carboxylic acids is 2. The first-order valence-corrected chi connectivity index (χ1v) is 23.0. The van der Waals surface area contributed by atoms with Crippen molar-refractivity contribution in [3.63, 3.8) is 0 Å². The number of rotatable bonds is 24. The summed E-state index contributed by atoms with van der Waals surface area (Å²) in [6.45, 7) is 4.37. The highest BCUT2D eigenvalue weighted by Gasteiger charge is 2.39. The maximum Gasteiger partial charge on any atom is 0.198 e. The molecular formula is C42H58O8S2. The van der Waals surface area contributed by atoms with Crippen LogP contribution in [-0.2, 0) is 19.7 Å². The highest BCUT2D eigenvalue weighted by atomic mass is 32.2. The molecule has 0 atom stereocenters. The molecule has 0 amide bonds. The van der Waals surface area contributed by atoms with Crippen LogP contribution in [0.4, 0.5) is 0 Å². The number of aromatic hydroxyl groups is 2. The van der Waals surface area contributed by atoms with Crippen molar-refractivity contribution < 1.29 is 36.6 Å². The van der Waals surface area contributed by atoms with E-state index in [1.165, 1.54) is 63.5 Å². The van der Waals surface area contributed by atoms with E-state index in [1.807, 2.05) is 0 Å². The Balaban J connectivity index is 1.58. The molecule has 0 bridgehead atoms. The van der Waals surface area contributed by atoms with Gasteiger partial charge in [0.25, 0.3) is 0 Å². The van der Waals surface area contributed by atoms with Crippen LogP contribution in [0.15, 0.2) is 46.2 Å². The van der Waals surface area contributed by atoms with Gasteiger partial charge in [0, 0.05) is 21.9 Å². The second-order valence-electron chi connectivity index (χ2n) is 14.5. The van der Waals surface area contributed by atoms with Crippen LogP contribution in [0.3, 0.4) is 0 Å². The van der Waals surface area contributed by atoms with Gasteiger partial charge in [-0.1, -0.05) is 154 Å². The van der Waals surface area contributed by atoms with E-state index >= 15 is 0 Å². The van der Waals surface area contributed by atoms with Gasteiger partial charge in [-0.2, -0.15) is 0 Å². The number of ketones is 2. The zero-order chi connectivity index (χ0) is 37.7. The molecule has 0 fully saturated rings. The molecule has 0 aliphatic heterocycles. The van der Waals surface area contributed by atoms with E-state index in [0.717, 1.165) is 63.5 Å². The van der Waals surface area contributed by atoms with Crippen molar-refractivity contribution in [3.05, 3.63) is 58.7 Å². The standard InChI is InChI=1S/C42H58O8S2/c1-3-5-7-9-11-13-15-17-19-23-27-51(47,48)35-29-33-34(30-36(35)52(49,50)28-24-20-18-16-14-12-10-8-6-4-2)42(46)38-37(41(33)45)39(43)31-25-21-22-26-32(31)40(38)44/h21-22,25-26,29-30,43-44H,3-20,23-24,27-28H2,1-2H3. The molecule has 4 rings (SSSR count). The van der Waals surface area contributed by atoms with Gasteiger partial charge in [0.05, 0.1) is 32.4 Å². The van der Waals surface area contributed by atoms with E-state index in [4.69, 9.17) is 0 Å². The number of fused-ring (bicyclic) bond motifs is 3. The summed E-state index contributed by atoms with van der Waals surface area (Å²) in [6, 6.07) is 8.26. The van der Waals surface area contributed by atoms with Crippen LogP contribution in [0.1, 0.15) is 174 Å².